The fraction of sp³-hybridized carbons (Fsp3) is 0.379. The van der Waals surface area contributed by atoms with Crippen LogP contribution in [0.5, 0.6) is 5.75 Å². The van der Waals surface area contributed by atoms with Crippen molar-refractivity contribution in [2.24, 2.45) is 4.99 Å². The number of halogens is 5. The number of hydrazine groups is 1. The lowest BCUT2D eigenvalue weighted by Gasteiger charge is -2.56. The van der Waals surface area contributed by atoms with Crippen molar-refractivity contribution in [3.05, 3.63) is 71.8 Å². The summed E-state index contributed by atoms with van der Waals surface area (Å²) in [7, 11) is -8.18. The summed E-state index contributed by atoms with van der Waals surface area (Å²) in [5.41, 5.74) is 3.50. The number of anilines is 1. The fourth-order valence-corrected chi connectivity index (χ4v) is 6.64. The van der Waals surface area contributed by atoms with E-state index in [-0.39, 0.29) is 0 Å². The van der Waals surface area contributed by atoms with Crippen LogP contribution in [-0.2, 0) is 4.74 Å². The zero-order valence-electron chi connectivity index (χ0n) is 23.3. The van der Waals surface area contributed by atoms with E-state index in [1.807, 2.05) is 52.0 Å². The number of nitrogens with zero attached hydrogens (tertiary/aromatic N) is 5. The van der Waals surface area contributed by atoms with Gasteiger partial charge in [0.15, 0.2) is 0 Å². The van der Waals surface area contributed by atoms with E-state index in [2.05, 4.69) is 4.98 Å². The van der Waals surface area contributed by atoms with Gasteiger partial charge in [-0.3, -0.25) is 15.0 Å². The number of rotatable bonds is 5. The van der Waals surface area contributed by atoms with E-state index >= 15 is 0 Å². The van der Waals surface area contributed by atoms with E-state index in [0.29, 0.717) is 62.7 Å². The molecule has 6 rings (SSSR count). The van der Waals surface area contributed by atoms with E-state index in [4.69, 9.17) is 14.5 Å². The van der Waals surface area contributed by atoms with Gasteiger partial charge in [0.1, 0.15) is 16.5 Å². The van der Waals surface area contributed by atoms with Crippen LogP contribution >= 0.6 is 10.2 Å². The Kier molecular flexibility index (Phi) is 6.43. The molecule has 0 saturated carbocycles. The Hall–Kier alpha value is -3.58. The topological polar surface area (TPSA) is 55.1 Å². The van der Waals surface area contributed by atoms with Crippen molar-refractivity contribution in [1.29, 1.82) is 0 Å². The lowest BCUT2D eigenvalue weighted by atomic mass is 9.86. The molecule has 1 aromatic heterocycles. The summed E-state index contributed by atoms with van der Waals surface area (Å²) in [5, 5.41) is 3.98. The molecule has 3 aromatic rings. The molecule has 0 amide bonds. The number of amidine groups is 1. The van der Waals surface area contributed by atoms with E-state index in [1.165, 1.54) is 0 Å². The van der Waals surface area contributed by atoms with Crippen molar-refractivity contribution in [2.75, 3.05) is 38.4 Å². The highest BCUT2D eigenvalue weighted by atomic mass is 32.5. The molecule has 4 heterocycles. The van der Waals surface area contributed by atoms with Gasteiger partial charge in [-0.15, -0.1) is 0 Å². The molecule has 3 aliphatic rings. The molecule has 2 aromatic carbocycles. The van der Waals surface area contributed by atoms with Gasteiger partial charge in [0.2, 0.25) is 0 Å². The van der Waals surface area contributed by atoms with E-state index in [9.17, 15) is 19.4 Å². The molecule has 0 radical (unpaired) electrons. The minimum atomic E-state index is -9.79. The Bertz CT molecular complexity index is 1560. The second-order valence-corrected chi connectivity index (χ2v) is 13.4. The third kappa shape index (κ3) is 5.35. The number of piperidine rings is 1. The van der Waals surface area contributed by atoms with E-state index in [0.717, 1.165) is 53.3 Å². The zero-order valence-corrected chi connectivity index (χ0v) is 24.1. The highest BCUT2D eigenvalue weighted by Crippen LogP contribution is 3.02. The molecule has 3 aliphatic heterocycles. The Balaban J connectivity index is 1.37. The Labute approximate surface area is 240 Å². The monoisotopic (exact) mass is 609 g/mol. The van der Waals surface area contributed by atoms with E-state index in [1.54, 1.807) is 13.4 Å². The Morgan fingerprint density at radius 2 is 1.76 bits per heavy atom. The van der Waals surface area contributed by atoms with Gasteiger partial charge in [-0.05, 0) is 86.2 Å². The number of methoxy groups -OCH3 is 1. The Morgan fingerprint density at radius 1 is 1.02 bits per heavy atom. The highest BCUT2D eigenvalue weighted by Gasteiger charge is 2.65. The first-order chi connectivity index (χ1) is 19.8. The number of hydrogen-bond donors (Lipinski definition) is 0. The molecule has 1 spiro atoms. The number of benzene rings is 2. The molecule has 0 unspecified atom stereocenters. The molecule has 0 aliphatic carbocycles. The molecule has 7 nitrogen and oxygen atoms in total. The molecule has 13 heteroatoms. The van der Waals surface area contributed by atoms with Crippen molar-refractivity contribution in [2.45, 2.75) is 43.0 Å². The molecule has 226 valence electrons. The summed E-state index contributed by atoms with van der Waals surface area (Å²) < 4.78 is 80.6. The molecule has 0 N–H and O–H groups in total. The van der Waals surface area contributed by atoms with Gasteiger partial charge in [-0.2, -0.15) is 0 Å². The van der Waals surface area contributed by atoms with Crippen LogP contribution in [0.1, 0.15) is 36.9 Å². The predicted octanol–water partition coefficient (Wildman–Crippen LogP) is 7.71. The zero-order chi connectivity index (χ0) is 29.8. The van der Waals surface area contributed by atoms with Crippen LogP contribution < -0.4 is 9.75 Å². The minimum absolute atomic E-state index is 0.408. The smallest absolute Gasteiger partial charge is 0.310 e. The number of imidazole rings is 1. The maximum atomic E-state index is 13.5. The summed E-state index contributed by atoms with van der Waals surface area (Å²) >= 11 is 0. The van der Waals surface area contributed by atoms with Crippen molar-refractivity contribution < 1.29 is 28.9 Å². The maximum Gasteiger partial charge on any atom is 0.310 e. The van der Waals surface area contributed by atoms with Crippen molar-refractivity contribution in [1.82, 2.24) is 14.6 Å². The van der Waals surface area contributed by atoms with Gasteiger partial charge in [-0.25, -0.2) is 4.98 Å². The third-order valence-electron chi connectivity index (χ3n) is 8.05. The van der Waals surface area contributed by atoms with Crippen LogP contribution in [0, 0.1) is 6.92 Å². The SMILES string of the molecule is COc1cc(C=C2CCCN3C2=NCC2(CCOCC2)N3c2ccc(S(F)(F)(F)(F)F)cc2)ccc1-n1cnc(C)c1. The molecule has 2 fully saturated rings. The quantitative estimate of drug-likeness (QED) is 0.278. The first-order valence-electron chi connectivity index (χ1n) is 13.7. The van der Waals surface area contributed by atoms with Crippen molar-refractivity contribution in [3.8, 4) is 11.4 Å². The largest absolute Gasteiger partial charge is 0.495 e. The number of fused-ring (bicyclic) bond motifs is 1. The summed E-state index contributed by atoms with van der Waals surface area (Å²) in [4.78, 5) is 7.41. The van der Waals surface area contributed by atoms with Crippen LogP contribution in [0.2, 0.25) is 0 Å². The summed E-state index contributed by atoms with van der Waals surface area (Å²) in [6, 6.07) is 9.16. The standard InChI is InChI=1S/C29H32F5N5O2S/c1-21-18-37(20-36-21)26-10-5-22(17-27(26)40-2)16-23-4-3-13-38-28(23)35-19-29(11-14-41-15-12-29)39(38)24-6-8-25(9-7-24)42(30,31,32,33)34/h5-10,16-18,20H,3-4,11-15,19H2,1-2H3. The summed E-state index contributed by atoms with van der Waals surface area (Å²) in [5.74, 6) is 1.40. The lowest BCUT2D eigenvalue weighted by Crippen LogP contribution is -2.67. The third-order valence-corrected chi connectivity index (χ3v) is 9.21. The Morgan fingerprint density at radius 3 is 2.40 bits per heavy atom. The van der Waals surface area contributed by atoms with Crippen molar-refractivity contribution in [3.63, 3.8) is 0 Å². The van der Waals surface area contributed by atoms with Gasteiger partial charge >= 0.3 is 10.2 Å². The fourth-order valence-electron chi connectivity index (χ4n) is 5.99. The van der Waals surface area contributed by atoms with Crippen LogP contribution in [-0.4, -0.2) is 59.3 Å². The van der Waals surface area contributed by atoms with Crippen LogP contribution in [0.4, 0.5) is 25.1 Å². The number of aryl methyl sites for hydroxylation is 1. The number of aromatic nitrogens is 2. The van der Waals surface area contributed by atoms with Crippen LogP contribution in [0.15, 0.2) is 70.4 Å². The number of ether oxygens (including phenoxy) is 2. The minimum Gasteiger partial charge on any atom is -0.495 e. The first kappa shape index (κ1) is 28.5. The van der Waals surface area contributed by atoms with Crippen molar-refractivity contribution >= 4 is 27.8 Å². The average Bonchev–Trinajstić information content (AvgIpc) is 3.38. The molecule has 42 heavy (non-hydrogen) atoms. The normalized spacial score (nSPS) is 21.5. The lowest BCUT2D eigenvalue weighted by molar-refractivity contribution is 0.0344. The molecular weight excluding hydrogens is 577 g/mol. The van der Waals surface area contributed by atoms with Crippen LogP contribution in [0.3, 0.4) is 0 Å². The maximum absolute atomic E-state index is 13.5. The summed E-state index contributed by atoms with van der Waals surface area (Å²) in [6.07, 6.45) is 8.44. The van der Waals surface area contributed by atoms with Gasteiger partial charge in [-0.1, -0.05) is 25.5 Å². The molecule has 0 atom stereocenters. The van der Waals surface area contributed by atoms with Gasteiger partial charge in [0, 0.05) is 26.0 Å². The van der Waals surface area contributed by atoms with E-state index < -0.39 is 20.7 Å². The van der Waals surface area contributed by atoms with Gasteiger partial charge in [0.05, 0.1) is 42.6 Å². The molecule has 0 bridgehead atoms. The first-order valence-corrected chi connectivity index (χ1v) is 15.7. The molecular formula is C29H32F5N5O2S. The highest BCUT2D eigenvalue weighted by molar-refractivity contribution is 8.45. The second kappa shape index (κ2) is 9.46. The second-order valence-electron chi connectivity index (χ2n) is 11.0. The van der Waals surface area contributed by atoms with Gasteiger partial charge < -0.3 is 14.0 Å². The van der Waals surface area contributed by atoms with Crippen LogP contribution in [0.25, 0.3) is 11.8 Å². The average molecular weight is 610 g/mol. The molecule has 2 saturated heterocycles. The van der Waals surface area contributed by atoms with Gasteiger partial charge in [0.25, 0.3) is 0 Å². The number of aliphatic imine (C=N–C) groups is 1. The summed E-state index contributed by atoms with van der Waals surface area (Å²) in [6.45, 7) is 3.86. The predicted molar refractivity (Wildman–Crippen MR) is 154 cm³/mol. The number of hydrogen-bond acceptors (Lipinski definition) is 6.